The highest BCUT2D eigenvalue weighted by Gasteiger charge is 1.95. The van der Waals surface area contributed by atoms with Crippen molar-refractivity contribution in [1.29, 1.82) is 0 Å². The van der Waals surface area contributed by atoms with Gasteiger partial charge in [-0.2, -0.15) is 0 Å². The van der Waals surface area contributed by atoms with Crippen molar-refractivity contribution in [2.24, 2.45) is 0 Å². The summed E-state index contributed by atoms with van der Waals surface area (Å²) >= 11 is -1.65. The van der Waals surface area contributed by atoms with Gasteiger partial charge in [0.25, 0.3) is 0 Å². The van der Waals surface area contributed by atoms with Crippen LogP contribution in [0.2, 0.25) is 0 Å². The first-order valence-corrected chi connectivity index (χ1v) is 5.03. The number of aromatic nitrogens is 1. The average Bonchev–Trinajstić information content (AvgIpc) is 2.05. The Morgan fingerprint density at radius 2 is 2.08 bits per heavy atom. The SMILES string of the molecule is O=S(O)CCCc1ccncc1. The van der Waals surface area contributed by atoms with Gasteiger partial charge in [-0.15, -0.1) is 0 Å². The van der Waals surface area contributed by atoms with Gasteiger partial charge in [0, 0.05) is 18.1 Å². The number of aryl methyl sites for hydroxylation is 1. The molecular weight excluding hydrogens is 174 g/mol. The molecule has 1 N–H and O–H groups in total. The third-order valence-electron chi connectivity index (χ3n) is 1.53. The molecule has 4 heteroatoms. The topological polar surface area (TPSA) is 50.2 Å². The Hall–Kier alpha value is -0.740. The lowest BCUT2D eigenvalue weighted by atomic mass is 10.2. The summed E-state index contributed by atoms with van der Waals surface area (Å²) in [4.78, 5) is 3.88. The number of pyridine rings is 1. The maximum Gasteiger partial charge on any atom is 0.152 e. The summed E-state index contributed by atoms with van der Waals surface area (Å²) in [5.41, 5.74) is 1.16. The molecule has 0 aliphatic carbocycles. The van der Waals surface area contributed by atoms with Crippen LogP contribution in [0.25, 0.3) is 0 Å². The molecule has 0 radical (unpaired) electrons. The summed E-state index contributed by atoms with van der Waals surface area (Å²) in [6.45, 7) is 0. The third kappa shape index (κ3) is 3.59. The molecule has 0 aromatic carbocycles. The van der Waals surface area contributed by atoms with E-state index in [1.165, 1.54) is 0 Å². The molecule has 1 heterocycles. The minimum Gasteiger partial charge on any atom is -0.306 e. The van der Waals surface area contributed by atoms with E-state index in [0.29, 0.717) is 5.75 Å². The summed E-state index contributed by atoms with van der Waals surface area (Å²) < 4.78 is 18.8. The highest BCUT2D eigenvalue weighted by Crippen LogP contribution is 2.00. The molecule has 0 saturated heterocycles. The fraction of sp³-hybridized carbons (Fsp3) is 0.375. The van der Waals surface area contributed by atoms with Gasteiger partial charge in [-0.3, -0.25) is 4.98 Å². The predicted octanol–water partition coefficient (Wildman–Crippen LogP) is 1.24. The van der Waals surface area contributed by atoms with Crippen molar-refractivity contribution in [1.82, 2.24) is 4.98 Å². The van der Waals surface area contributed by atoms with Gasteiger partial charge in [0.15, 0.2) is 11.1 Å². The van der Waals surface area contributed by atoms with E-state index in [2.05, 4.69) is 4.98 Å². The molecule has 66 valence electrons. The molecule has 1 aromatic rings. The van der Waals surface area contributed by atoms with Crippen molar-refractivity contribution in [2.45, 2.75) is 12.8 Å². The molecule has 0 saturated carbocycles. The van der Waals surface area contributed by atoms with E-state index in [-0.39, 0.29) is 0 Å². The lowest BCUT2D eigenvalue weighted by Gasteiger charge is -1.97. The molecular formula is C8H11NO2S. The molecule has 1 atom stereocenters. The zero-order valence-electron chi connectivity index (χ0n) is 6.64. The zero-order chi connectivity index (χ0) is 8.81. The molecule has 0 amide bonds. The van der Waals surface area contributed by atoms with Crippen LogP contribution >= 0.6 is 0 Å². The van der Waals surface area contributed by atoms with Crippen LogP contribution in [0.15, 0.2) is 24.5 Å². The molecule has 1 unspecified atom stereocenters. The van der Waals surface area contributed by atoms with E-state index in [1.54, 1.807) is 12.4 Å². The Kier molecular flexibility index (Phi) is 3.90. The maximum atomic E-state index is 10.3. The predicted molar refractivity (Wildman–Crippen MR) is 48.2 cm³/mol. The summed E-state index contributed by atoms with van der Waals surface area (Å²) in [6, 6.07) is 3.83. The number of hydrogen-bond acceptors (Lipinski definition) is 2. The van der Waals surface area contributed by atoms with Gasteiger partial charge >= 0.3 is 0 Å². The molecule has 12 heavy (non-hydrogen) atoms. The van der Waals surface area contributed by atoms with E-state index >= 15 is 0 Å². The first kappa shape index (κ1) is 9.35. The number of hydrogen-bond donors (Lipinski definition) is 1. The van der Waals surface area contributed by atoms with Crippen LogP contribution in [-0.4, -0.2) is 19.5 Å². The Balaban J connectivity index is 2.29. The molecule has 1 rings (SSSR count). The van der Waals surface area contributed by atoms with Gasteiger partial charge < -0.3 is 4.55 Å². The van der Waals surface area contributed by atoms with E-state index in [4.69, 9.17) is 4.55 Å². The second kappa shape index (κ2) is 5.00. The minimum absolute atomic E-state index is 0.350. The van der Waals surface area contributed by atoms with Crippen LogP contribution in [0, 0.1) is 0 Å². The van der Waals surface area contributed by atoms with Crippen LogP contribution < -0.4 is 0 Å². The standard InChI is InChI=1S/C8H11NO2S/c10-12(11)7-1-2-8-3-5-9-6-4-8/h3-6H,1-2,7H2,(H,10,11). The largest absolute Gasteiger partial charge is 0.306 e. The summed E-state index contributed by atoms with van der Waals surface area (Å²) in [5.74, 6) is 0.350. The highest BCUT2D eigenvalue weighted by molar-refractivity contribution is 7.79. The number of nitrogens with zero attached hydrogens (tertiary/aromatic N) is 1. The number of rotatable bonds is 4. The Morgan fingerprint density at radius 3 is 2.67 bits per heavy atom. The molecule has 0 bridgehead atoms. The summed E-state index contributed by atoms with van der Waals surface area (Å²) in [6.07, 6.45) is 5.04. The highest BCUT2D eigenvalue weighted by atomic mass is 32.2. The molecule has 1 aromatic heterocycles. The third-order valence-corrected chi connectivity index (χ3v) is 2.17. The Morgan fingerprint density at radius 1 is 1.42 bits per heavy atom. The second-order valence-electron chi connectivity index (χ2n) is 2.48. The molecule has 0 spiro atoms. The van der Waals surface area contributed by atoms with Crippen molar-refractivity contribution in [3.8, 4) is 0 Å². The van der Waals surface area contributed by atoms with Crippen molar-refractivity contribution >= 4 is 11.1 Å². The molecule has 0 fully saturated rings. The van der Waals surface area contributed by atoms with Crippen LogP contribution in [0.5, 0.6) is 0 Å². The van der Waals surface area contributed by atoms with E-state index in [1.807, 2.05) is 12.1 Å². The molecule has 3 nitrogen and oxygen atoms in total. The van der Waals surface area contributed by atoms with E-state index in [0.717, 1.165) is 18.4 Å². The summed E-state index contributed by atoms with van der Waals surface area (Å²) in [7, 11) is 0. The van der Waals surface area contributed by atoms with Gasteiger partial charge in [0.2, 0.25) is 0 Å². The van der Waals surface area contributed by atoms with Crippen LogP contribution in [-0.2, 0) is 17.5 Å². The Labute approximate surface area is 74.1 Å². The van der Waals surface area contributed by atoms with Gasteiger partial charge in [-0.25, -0.2) is 4.21 Å². The fourth-order valence-corrected chi connectivity index (χ4v) is 1.34. The summed E-state index contributed by atoms with van der Waals surface area (Å²) in [5, 5.41) is 0. The first-order chi connectivity index (χ1) is 5.79. The lowest BCUT2D eigenvalue weighted by molar-refractivity contribution is 0.561. The maximum absolute atomic E-state index is 10.3. The normalized spacial score (nSPS) is 12.8. The van der Waals surface area contributed by atoms with Crippen LogP contribution in [0.3, 0.4) is 0 Å². The van der Waals surface area contributed by atoms with Gasteiger partial charge in [0.05, 0.1) is 0 Å². The van der Waals surface area contributed by atoms with Crippen molar-refractivity contribution in [3.63, 3.8) is 0 Å². The van der Waals surface area contributed by atoms with Crippen LogP contribution in [0.4, 0.5) is 0 Å². The van der Waals surface area contributed by atoms with Crippen molar-refractivity contribution < 1.29 is 8.76 Å². The molecule has 0 aliphatic heterocycles. The minimum atomic E-state index is -1.65. The van der Waals surface area contributed by atoms with Gasteiger partial charge in [-0.05, 0) is 30.5 Å². The average molecular weight is 185 g/mol. The molecule has 0 aliphatic rings. The Bertz CT molecular complexity index is 250. The van der Waals surface area contributed by atoms with Crippen molar-refractivity contribution in [2.75, 3.05) is 5.75 Å². The van der Waals surface area contributed by atoms with Gasteiger partial charge in [-0.1, -0.05) is 0 Å². The van der Waals surface area contributed by atoms with E-state index < -0.39 is 11.1 Å². The van der Waals surface area contributed by atoms with E-state index in [9.17, 15) is 4.21 Å². The van der Waals surface area contributed by atoms with Gasteiger partial charge in [0.1, 0.15) is 0 Å². The smallest absolute Gasteiger partial charge is 0.152 e. The first-order valence-electron chi connectivity index (χ1n) is 3.75. The van der Waals surface area contributed by atoms with Crippen molar-refractivity contribution in [3.05, 3.63) is 30.1 Å². The lowest BCUT2D eigenvalue weighted by Crippen LogP contribution is -1.96. The zero-order valence-corrected chi connectivity index (χ0v) is 7.46. The second-order valence-corrected chi connectivity index (χ2v) is 3.54. The van der Waals surface area contributed by atoms with Crippen LogP contribution in [0.1, 0.15) is 12.0 Å². The monoisotopic (exact) mass is 185 g/mol. The fourth-order valence-electron chi connectivity index (χ4n) is 0.949. The quantitative estimate of drug-likeness (QED) is 0.718.